The highest BCUT2D eigenvalue weighted by atomic mass is 16.5. The Morgan fingerprint density at radius 3 is 2.48 bits per heavy atom. The number of amides is 1. The number of pyridine rings is 1. The molecule has 0 spiro atoms. The molecule has 2 N–H and O–H groups in total. The Kier molecular flexibility index (Phi) is 6.44. The number of fused-ring (bicyclic) bond motifs is 1. The predicted molar refractivity (Wildman–Crippen MR) is 112 cm³/mol. The van der Waals surface area contributed by atoms with Crippen LogP contribution in [0.25, 0.3) is 10.9 Å². The summed E-state index contributed by atoms with van der Waals surface area (Å²) in [5.74, 6) is -1.07. The van der Waals surface area contributed by atoms with Crippen molar-refractivity contribution in [2.24, 2.45) is 0 Å². The largest absolute Gasteiger partial charge is 0.449 e. The Morgan fingerprint density at radius 2 is 1.72 bits per heavy atom. The minimum atomic E-state index is -0.972. The number of H-pyrrole nitrogens is 1. The third-order valence-corrected chi connectivity index (χ3v) is 4.72. The molecule has 0 radical (unpaired) electrons. The van der Waals surface area contributed by atoms with Crippen LogP contribution in [0.1, 0.15) is 36.2 Å². The summed E-state index contributed by atoms with van der Waals surface area (Å²) in [4.78, 5) is 39.5. The van der Waals surface area contributed by atoms with Crippen LogP contribution in [-0.2, 0) is 16.0 Å². The van der Waals surface area contributed by atoms with Crippen LogP contribution < -0.4 is 10.9 Å². The molecule has 0 aliphatic heterocycles. The highest BCUT2D eigenvalue weighted by Crippen LogP contribution is 2.16. The van der Waals surface area contributed by atoms with Gasteiger partial charge < -0.3 is 15.0 Å². The lowest BCUT2D eigenvalue weighted by atomic mass is 10.1. The van der Waals surface area contributed by atoms with Gasteiger partial charge in [0.25, 0.3) is 5.91 Å². The summed E-state index contributed by atoms with van der Waals surface area (Å²) < 4.78 is 5.32. The summed E-state index contributed by atoms with van der Waals surface area (Å²) in [7, 11) is 0. The van der Waals surface area contributed by atoms with Gasteiger partial charge in [0.05, 0.1) is 5.56 Å². The van der Waals surface area contributed by atoms with Crippen LogP contribution in [0.3, 0.4) is 0 Å². The van der Waals surface area contributed by atoms with Crippen LogP contribution in [0, 0.1) is 0 Å². The fourth-order valence-corrected chi connectivity index (χ4v) is 3.11. The molecule has 2 aromatic carbocycles. The molecule has 3 aromatic rings. The van der Waals surface area contributed by atoms with Crippen LogP contribution in [0.4, 0.5) is 0 Å². The van der Waals surface area contributed by atoms with Crippen molar-refractivity contribution < 1.29 is 14.3 Å². The van der Waals surface area contributed by atoms with Gasteiger partial charge in [-0.25, -0.2) is 4.79 Å². The Bertz CT molecular complexity index is 1060. The number of benzene rings is 2. The van der Waals surface area contributed by atoms with Gasteiger partial charge in [0.15, 0.2) is 6.10 Å². The highest BCUT2D eigenvalue weighted by molar-refractivity contribution is 6.03. The Hall–Kier alpha value is -3.41. The summed E-state index contributed by atoms with van der Waals surface area (Å²) in [5, 5.41) is 3.44. The lowest BCUT2D eigenvalue weighted by Gasteiger charge is -2.18. The Morgan fingerprint density at radius 1 is 1.03 bits per heavy atom. The van der Waals surface area contributed by atoms with Crippen LogP contribution >= 0.6 is 0 Å². The molecule has 0 saturated heterocycles. The first kappa shape index (κ1) is 20.3. The van der Waals surface area contributed by atoms with Gasteiger partial charge in [0.2, 0.25) is 5.56 Å². The first-order valence-electron chi connectivity index (χ1n) is 9.61. The number of rotatable bonds is 7. The van der Waals surface area contributed by atoms with Gasteiger partial charge in [-0.05, 0) is 38.3 Å². The molecule has 0 bridgehead atoms. The monoisotopic (exact) mass is 392 g/mol. The molecular formula is C23H24N2O4. The third kappa shape index (κ3) is 5.31. The molecule has 1 aromatic heterocycles. The van der Waals surface area contributed by atoms with E-state index in [1.165, 1.54) is 18.6 Å². The van der Waals surface area contributed by atoms with Gasteiger partial charge in [-0.3, -0.25) is 9.59 Å². The minimum Gasteiger partial charge on any atom is -0.449 e. The third-order valence-electron chi connectivity index (χ3n) is 4.72. The van der Waals surface area contributed by atoms with Gasteiger partial charge in [-0.1, -0.05) is 48.5 Å². The molecular weight excluding hydrogens is 368 g/mol. The summed E-state index contributed by atoms with van der Waals surface area (Å²) in [6, 6.07) is 18.1. The van der Waals surface area contributed by atoms with E-state index in [0.717, 1.165) is 12.8 Å². The van der Waals surface area contributed by atoms with Crippen LogP contribution in [0.15, 0.2) is 65.5 Å². The van der Waals surface area contributed by atoms with Gasteiger partial charge in [-0.15, -0.1) is 0 Å². The highest BCUT2D eigenvalue weighted by Gasteiger charge is 2.22. The molecule has 0 aliphatic rings. The second kappa shape index (κ2) is 9.19. The van der Waals surface area contributed by atoms with E-state index in [-0.39, 0.29) is 17.5 Å². The van der Waals surface area contributed by atoms with E-state index < -0.39 is 17.6 Å². The maximum absolute atomic E-state index is 12.6. The minimum absolute atomic E-state index is 0.0655. The molecule has 1 heterocycles. The second-order valence-corrected chi connectivity index (χ2v) is 7.07. The lowest BCUT2D eigenvalue weighted by Crippen LogP contribution is -2.41. The summed E-state index contributed by atoms with van der Waals surface area (Å²) in [6.07, 6.45) is 0.643. The first-order valence-corrected chi connectivity index (χ1v) is 9.61. The fraction of sp³-hybridized carbons (Fsp3) is 0.261. The van der Waals surface area contributed by atoms with E-state index >= 15 is 0 Å². The van der Waals surface area contributed by atoms with Crippen LogP contribution in [0.2, 0.25) is 0 Å². The number of carbonyl (C=O) groups is 2. The molecule has 0 aliphatic carbocycles. The van der Waals surface area contributed by atoms with Crippen molar-refractivity contribution in [2.75, 3.05) is 0 Å². The van der Waals surface area contributed by atoms with Crippen molar-refractivity contribution in [3.8, 4) is 0 Å². The van der Waals surface area contributed by atoms with Crippen molar-refractivity contribution >= 4 is 22.8 Å². The van der Waals surface area contributed by atoms with Crippen molar-refractivity contribution in [3.05, 3.63) is 82.1 Å². The quantitative estimate of drug-likeness (QED) is 0.605. The van der Waals surface area contributed by atoms with E-state index in [9.17, 15) is 14.4 Å². The number of ether oxygens (including phenoxy) is 1. The molecule has 150 valence electrons. The number of aryl methyl sites for hydroxylation is 1. The van der Waals surface area contributed by atoms with Gasteiger partial charge in [-0.2, -0.15) is 0 Å². The molecule has 3 rings (SSSR count). The number of aromatic nitrogens is 1. The standard InChI is InChI=1S/C23H24N2O4/c1-15(12-13-17-8-4-3-5-9-17)24-22(27)16(2)29-23(28)19-14-21(26)25-20-11-7-6-10-18(19)20/h3-11,14-16H,12-13H2,1-2H3,(H,24,27)(H,25,26)/t15-,16-/m0/s1. The molecule has 0 unspecified atom stereocenters. The van der Waals surface area contributed by atoms with Gasteiger partial charge in [0.1, 0.15) is 0 Å². The maximum Gasteiger partial charge on any atom is 0.339 e. The number of carbonyl (C=O) groups excluding carboxylic acids is 2. The number of hydrogen-bond acceptors (Lipinski definition) is 4. The maximum atomic E-state index is 12.6. The smallest absolute Gasteiger partial charge is 0.339 e. The molecule has 0 saturated carbocycles. The van der Waals surface area contributed by atoms with E-state index in [4.69, 9.17) is 4.74 Å². The lowest BCUT2D eigenvalue weighted by molar-refractivity contribution is -0.129. The van der Waals surface area contributed by atoms with Crippen LogP contribution in [-0.4, -0.2) is 29.0 Å². The van der Waals surface area contributed by atoms with Crippen molar-refractivity contribution in [1.82, 2.24) is 10.3 Å². The zero-order chi connectivity index (χ0) is 20.8. The second-order valence-electron chi connectivity index (χ2n) is 7.07. The van der Waals surface area contributed by atoms with E-state index in [1.807, 2.05) is 37.3 Å². The summed E-state index contributed by atoms with van der Waals surface area (Å²) >= 11 is 0. The van der Waals surface area contributed by atoms with E-state index in [0.29, 0.717) is 10.9 Å². The number of esters is 1. The van der Waals surface area contributed by atoms with Gasteiger partial charge >= 0.3 is 5.97 Å². The van der Waals surface area contributed by atoms with Crippen molar-refractivity contribution in [1.29, 1.82) is 0 Å². The van der Waals surface area contributed by atoms with Crippen LogP contribution in [0.5, 0.6) is 0 Å². The van der Waals surface area contributed by atoms with Crippen molar-refractivity contribution in [3.63, 3.8) is 0 Å². The topological polar surface area (TPSA) is 88.3 Å². The fourth-order valence-electron chi connectivity index (χ4n) is 3.11. The molecule has 6 nitrogen and oxygen atoms in total. The molecule has 1 amide bonds. The number of hydrogen-bond donors (Lipinski definition) is 2. The number of aromatic amines is 1. The normalized spacial score (nSPS) is 12.9. The Labute approximate surface area is 168 Å². The van der Waals surface area contributed by atoms with E-state index in [2.05, 4.69) is 10.3 Å². The zero-order valence-corrected chi connectivity index (χ0v) is 16.5. The zero-order valence-electron chi connectivity index (χ0n) is 16.5. The summed E-state index contributed by atoms with van der Waals surface area (Å²) in [6.45, 7) is 3.44. The number of para-hydroxylation sites is 1. The molecule has 6 heteroatoms. The molecule has 0 fully saturated rings. The summed E-state index contributed by atoms with van der Waals surface area (Å²) in [5.41, 5.74) is 1.48. The molecule has 2 atom stereocenters. The SMILES string of the molecule is C[C@H](OC(=O)c1cc(=O)[nH]c2ccccc12)C(=O)N[C@@H](C)CCc1ccccc1. The average molecular weight is 392 g/mol. The van der Waals surface area contributed by atoms with E-state index in [1.54, 1.807) is 24.3 Å². The average Bonchev–Trinajstić information content (AvgIpc) is 2.72. The predicted octanol–water partition coefficient (Wildman–Crippen LogP) is 3.21. The number of nitrogens with one attached hydrogen (secondary N) is 2. The van der Waals surface area contributed by atoms with Gasteiger partial charge in [0, 0.05) is 23.0 Å². The molecule has 29 heavy (non-hydrogen) atoms. The Balaban J connectivity index is 1.59. The van der Waals surface area contributed by atoms with Crippen molar-refractivity contribution in [2.45, 2.75) is 38.8 Å². The first-order chi connectivity index (χ1) is 13.9.